The second-order valence-electron chi connectivity index (χ2n) is 6.07. The van der Waals surface area contributed by atoms with Gasteiger partial charge in [-0.05, 0) is 35.9 Å². The molecule has 2 aromatic heterocycles. The average molecular weight is 440 g/mol. The summed E-state index contributed by atoms with van der Waals surface area (Å²) in [6.07, 6.45) is -1.13. The van der Waals surface area contributed by atoms with E-state index in [9.17, 15) is 17.6 Å². The molecule has 0 spiro atoms. The average Bonchev–Trinajstić information content (AvgIpc) is 3.10. The van der Waals surface area contributed by atoms with Crippen molar-refractivity contribution in [2.24, 2.45) is 0 Å². The third-order valence-electron chi connectivity index (χ3n) is 4.17. The Morgan fingerprint density at radius 2 is 1.69 bits per heavy atom. The van der Waals surface area contributed by atoms with Gasteiger partial charge in [-0.15, -0.1) is 12.4 Å². The summed E-state index contributed by atoms with van der Waals surface area (Å²) in [5.41, 5.74) is 0.860. The van der Waals surface area contributed by atoms with E-state index in [1.165, 1.54) is 29.5 Å². The van der Waals surface area contributed by atoms with E-state index < -0.39 is 17.6 Å². The van der Waals surface area contributed by atoms with Gasteiger partial charge in [-0.2, -0.15) is 13.2 Å². The first-order valence-electron chi connectivity index (χ1n) is 8.30. The van der Waals surface area contributed by atoms with E-state index >= 15 is 0 Å². The van der Waals surface area contributed by atoms with Gasteiger partial charge in [0.1, 0.15) is 11.3 Å². The lowest BCUT2D eigenvalue weighted by molar-refractivity contribution is -0.137. The summed E-state index contributed by atoms with van der Waals surface area (Å²) in [5.74, 6) is -0.438. The molecule has 0 saturated carbocycles. The molecule has 9 heteroatoms. The minimum Gasteiger partial charge on any atom is -0.311 e. The van der Waals surface area contributed by atoms with E-state index in [0.29, 0.717) is 21.9 Å². The maximum absolute atomic E-state index is 14.5. The number of alkyl halides is 3. The smallest absolute Gasteiger partial charge is 0.311 e. The van der Waals surface area contributed by atoms with Crippen LogP contribution >= 0.6 is 23.7 Å². The fraction of sp³-hybridized carbons (Fsp3) is 0.100. The molecule has 0 unspecified atom stereocenters. The molecule has 2 heterocycles. The molecule has 29 heavy (non-hydrogen) atoms. The van der Waals surface area contributed by atoms with Gasteiger partial charge >= 0.3 is 6.18 Å². The van der Waals surface area contributed by atoms with Crippen LogP contribution in [0, 0.1) is 5.82 Å². The van der Waals surface area contributed by atoms with Crippen LogP contribution in [0.1, 0.15) is 11.1 Å². The van der Waals surface area contributed by atoms with E-state index in [0.717, 1.165) is 16.8 Å². The molecule has 0 aliphatic rings. The summed E-state index contributed by atoms with van der Waals surface area (Å²) in [6, 6.07) is 12.9. The van der Waals surface area contributed by atoms with Crippen LogP contribution in [-0.2, 0) is 12.7 Å². The second kappa shape index (κ2) is 8.34. The van der Waals surface area contributed by atoms with Crippen LogP contribution in [0.4, 0.5) is 28.4 Å². The summed E-state index contributed by atoms with van der Waals surface area (Å²) in [5, 5.41) is 0.535. The highest BCUT2D eigenvalue weighted by atomic mass is 35.5. The summed E-state index contributed by atoms with van der Waals surface area (Å²) < 4.78 is 53.8. The first kappa shape index (κ1) is 21.0. The van der Waals surface area contributed by atoms with Gasteiger partial charge in [0.2, 0.25) is 0 Å². The minimum absolute atomic E-state index is 0. The number of para-hydroxylation sites is 1. The normalized spacial score (nSPS) is 11.3. The first-order chi connectivity index (χ1) is 13.4. The van der Waals surface area contributed by atoms with Crippen molar-refractivity contribution in [3.63, 3.8) is 0 Å². The zero-order valence-corrected chi connectivity index (χ0v) is 16.4. The SMILES string of the molecule is Cl.Fc1ccccc1N(Cc1ccc(C(F)(F)F)cc1)c1nc2cnccc2s1. The van der Waals surface area contributed by atoms with Crippen LogP contribution in [0.15, 0.2) is 67.0 Å². The van der Waals surface area contributed by atoms with Crippen molar-refractivity contribution in [3.05, 3.63) is 83.9 Å². The van der Waals surface area contributed by atoms with E-state index in [1.54, 1.807) is 35.5 Å². The molecule has 0 amide bonds. The van der Waals surface area contributed by atoms with Crippen LogP contribution in [0.5, 0.6) is 0 Å². The van der Waals surface area contributed by atoms with Crippen LogP contribution in [0.25, 0.3) is 10.2 Å². The number of pyridine rings is 1. The van der Waals surface area contributed by atoms with E-state index in [1.807, 2.05) is 6.07 Å². The van der Waals surface area contributed by atoms with Crippen LogP contribution in [-0.4, -0.2) is 9.97 Å². The van der Waals surface area contributed by atoms with Crippen LogP contribution < -0.4 is 4.90 Å². The number of rotatable bonds is 4. The van der Waals surface area contributed by atoms with Gasteiger partial charge in [0, 0.05) is 6.20 Å². The molecule has 0 saturated heterocycles. The zero-order chi connectivity index (χ0) is 19.7. The lowest BCUT2D eigenvalue weighted by Crippen LogP contribution is -2.17. The van der Waals surface area contributed by atoms with Gasteiger partial charge in [0.15, 0.2) is 5.13 Å². The number of halogens is 5. The molecule has 0 atom stereocenters. The van der Waals surface area contributed by atoms with Gasteiger partial charge < -0.3 is 4.90 Å². The van der Waals surface area contributed by atoms with Crippen molar-refractivity contribution < 1.29 is 17.6 Å². The third-order valence-corrected chi connectivity index (χ3v) is 5.23. The number of benzene rings is 2. The lowest BCUT2D eigenvalue weighted by atomic mass is 10.1. The van der Waals surface area contributed by atoms with Gasteiger partial charge in [0.05, 0.1) is 28.7 Å². The van der Waals surface area contributed by atoms with E-state index in [2.05, 4.69) is 9.97 Å². The number of anilines is 2. The van der Waals surface area contributed by atoms with Crippen molar-refractivity contribution in [1.29, 1.82) is 0 Å². The molecule has 150 valence electrons. The molecule has 0 radical (unpaired) electrons. The Morgan fingerprint density at radius 3 is 2.34 bits per heavy atom. The standard InChI is InChI=1S/C20H13F4N3S.ClH/c21-15-3-1-2-4-17(15)27(19-26-16-11-25-10-9-18(16)28-19)12-13-5-7-14(8-6-13)20(22,23)24;/h1-11H,12H2;1H. The molecule has 2 aromatic carbocycles. The predicted octanol–water partition coefficient (Wildman–Crippen LogP) is 6.61. The van der Waals surface area contributed by atoms with Crippen molar-refractivity contribution >= 4 is 44.8 Å². The highest BCUT2D eigenvalue weighted by Crippen LogP contribution is 2.36. The second-order valence-corrected chi connectivity index (χ2v) is 7.08. The van der Waals surface area contributed by atoms with Crippen LogP contribution in [0.2, 0.25) is 0 Å². The summed E-state index contributed by atoms with van der Waals surface area (Å²) in [6.45, 7) is 0.173. The molecular formula is C20H14ClF4N3S. The Morgan fingerprint density at radius 1 is 0.966 bits per heavy atom. The quantitative estimate of drug-likeness (QED) is 0.335. The Labute approximate surface area is 174 Å². The topological polar surface area (TPSA) is 29.0 Å². The Balaban J connectivity index is 0.00000240. The fourth-order valence-electron chi connectivity index (χ4n) is 2.79. The highest BCUT2D eigenvalue weighted by molar-refractivity contribution is 7.22. The fourth-order valence-corrected chi connectivity index (χ4v) is 3.74. The van der Waals surface area contributed by atoms with Gasteiger partial charge in [-0.25, -0.2) is 9.37 Å². The summed E-state index contributed by atoms with van der Waals surface area (Å²) in [7, 11) is 0. The summed E-state index contributed by atoms with van der Waals surface area (Å²) >= 11 is 1.36. The number of nitrogens with zero attached hydrogens (tertiary/aromatic N) is 3. The Hall–Kier alpha value is -2.71. The maximum Gasteiger partial charge on any atom is 0.416 e. The molecule has 0 bridgehead atoms. The molecule has 0 aliphatic carbocycles. The molecule has 4 aromatic rings. The molecule has 0 fully saturated rings. The van der Waals surface area contributed by atoms with Gasteiger partial charge in [0.25, 0.3) is 0 Å². The van der Waals surface area contributed by atoms with Crippen molar-refractivity contribution in [2.75, 3.05) is 4.90 Å². The monoisotopic (exact) mass is 439 g/mol. The van der Waals surface area contributed by atoms with Crippen molar-refractivity contribution in [3.8, 4) is 0 Å². The Bertz CT molecular complexity index is 1080. The number of aromatic nitrogens is 2. The highest BCUT2D eigenvalue weighted by Gasteiger charge is 2.30. The number of fused-ring (bicyclic) bond motifs is 1. The predicted molar refractivity (Wildman–Crippen MR) is 108 cm³/mol. The molecule has 0 N–H and O–H groups in total. The first-order valence-corrected chi connectivity index (χ1v) is 9.12. The van der Waals surface area contributed by atoms with E-state index in [4.69, 9.17) is 0 Å². The number of thiazole rings is 1. The molecular weight excluding hydrogens is 426 g/mol. The Kier molecular flexibility index (Phi) is 6.04. The molecule has 0 aliphatic heterocycles. The minimum atomic E-state index is -4.40. The lowest BCUT2D eigenvalue weighted by Gasteiger charge is -2.23. The zero-order valence-electron chi connectivity index (χ0n) is 14.7. The molecule has 3 nitrogen and oxygen atoms in total. The molecule has 4 rings (SSSR count). The third kappa shape index (κ3) is 4.49. The van der Waals surface area contributed by atoms with Crippen molar-refractivity contribution in [2.45, 2.75) is 12.7 Å². The maximum atomic E-state index is 14.5. The van der Waals surface area contributed by atoms with Gasteiger partial charge in [-0.1, -0.05) is 35.6 Å². The van der Waals surface area contributed by atoms with Crippen molar-refractivity contribution in [1.82, 2.24) is 9.97 Å². The number of hydrogen-bond acceptors (Lipinski definition) is 4. The summed E-state index contributed by atoms with van der Waals surface area (Å²) in [4.78, 5) is 10.2. The van der Waals surface area contributed by atoms with E-state index in [-0.39, 0.29) is 19.0 Å². The number of hydrogen-bond donors (Lipinski definition) is 0. The largest absolute Gasteiger partial charge is 0.416 e. The van der Waals surface area contributed by atoms with Crippen LogP contribution in [0.3, 0.4) is 0 Å². The van der Waals surface area contributed by atoms with Gasteiger partial charge in [-0.3, -0.25) is 4.98 Å².